The third-order valence-electron chi connectivity index (χ3n) is 3.82. The van der Waals surface area contributed by atoms with Crippen molar-refractivity contribution in [2.24, 2.45) is 0 Å². The van der Waals surface area contributed by atoms with E-state index in [2.05, 4.69) is 17.5 Å². The highest BCUT2D eigenvalue weighted by Gasteiger charge is 1.90. The third kappa shape index (κ3) is 21.9. The molecule has 28 heavy (non-hydrogen) atoms. The van der Waals surface area contributed by atoms with Crippen molar-refractivity contribution < 1.29 is 15.0 Å². The van der Waals surface area contributed by atoms with Crippen LogP contribution in [0.15, 0.2) is 72.9 Å². The summed E-state index contributed by atoms with van der Waals surface area (Å²) in [6, 6.07) is 0. The Morgan fingerprint density at radius 3 is 1.68 bits per heavy atom. The number of aliphatic hydroxyl groups is 2. The summed E-state index contributed by atoms with van der Waals surface area (Å²) in [7, 11) is 0. The van der Waals surface area contributed by atoms with Crippen molar-refractivity contribution in [2.45, 2.75) is 51.4 Å². The minimum absolute atomic E-state index is 0.0536. The summed E-state index contributed by atoms with van der Waals surface area (Å²) in [6.45, 7) is 0.544. The van der Waals surface area contributed by atoms with E-state index in [-0.39, 0.29) is 19.1 Å². The van der Waals surface area contributed by atoms with E-state index < -0.39 is 0 Å². The van der Waals surface area contributed by atoms with Crippen molar-refractivity contribution in [3.8, 4) is 0 Å². The lowest BCUT2D eigenvalue weighted by Gasteiger charge is -1.99. The molecule has 0 atom stereocenters. The van der Waals surface area contributed by atoms with Crippen LogP contribution in [0.4, 0.5) is 0 Å². The Bertz CT molecular complexity index is 528. The first-order valence-corrected chi connectivity index (χ1v) is 10.3. The molecule has 0 saturated heterocycles. The highest BCUT2D eigenvalue weighted by Crippen LogP contribution is 2.08. The van der Waals surface area contributed by atoms with Crippen molar-refractivity contribution in [2.75, 3.05) is 19.8 Å². The number of hydrogen-bond donors (Lipinski definition) is 3. The molecule has 0 saturated carbocycles. The smallest absolute Gasteiger partial charge is 0.244 e. The molecule has 1 amide bonds. The molecule has 0 aliphatic heterocycles. The van der Waals surface area contributed by atoms with Gasteiger partial charge >= 0.3 is 0 Å². The third-order valence-corrected chi connectivity index (χ3v) is 3.82. The second kappa shape index (κ2) is 22.9. The Labute approximate surface area is 170 Å². The van der Waals surface area contributed by atoms with Gasteiger partial charge in [0.1, 0.15) is 0 Å². The Balaban J connectivity index is 3.62. The maximum atomic E-state index is 11.2. The second-order valence-electron chi connectivity index (χ2n) is 6.33. The molecule has 156 valence electrons. The van der Waals surface area contributed by atoms with E-state index in [1.807, 2.05) is 42.5 Å². The number of unbranched alkanes of at least 4 members (excludes halogenated alkanes) is 7. The van der Waals surface area contributed by atoms with E-state index in [0.29, 0.717) is 6.61 Å². The molecule has 0 aromatic heterocycles. The lowest BCUT2D eigenvalue weighted by Crippen LogP contribution is -2.24. The molecule has 0 radical (unpaired) electrons. The Morgan fingerprint density at radius 1 is 0.607 bits per heavy atom. The molecule has 0 fully saturated rings. The molecule has 0 aromatic carbocycles. The first-order chi connectivity index (χ1) is 13.8. The lowest BCUT2D eigenvalue weighted by molar-refractivity contribution is -0.116. The van der Waals surface area contributed by atoms with Gasteiger partial charge in [-0.25, -0.2) is 0 Å². The molecular formula is C24H37NO3. The number of amides is 1. The summed E-state index contributed by atoms with van der Waals surface area (Å²) in [4.78, 5) is 11.2. The molecule has 4 nitrogen and oxygen atoms in total. The monoisotopic (exact) mass is 387 g/mol. The highest BCUT2D eigenvalue weighted by molar-refractivity contribution is 5.87. The zero-order valence-corrected chi connectivity index (χ0v) is 17.0. The largest absolute Gasteiger partial charge is 0.396 e. The minimum atomic E-state index is -0.213. The Hall–Kier alpha value is -2.17. The van der Waals surface area contributed by atoms with Crippen molar-refractivity contribution in [3.63, 3.8) is 0 Å². The van der Waals surface area contributed by atoms with Gasteiger partial charge in [-0.1, -0.05) is 98.9 Å². The van der Waals surface area contributed by atoms with Crippen LogP contribution in [-0.2, 0) is 4.79 Å². The number of carbonyl (C=O) groups is 1. The fourth-order valence-electron chi connectivity index (χ4n) is 2.33. The van der Waals surface area contributed by atoms with Gasteiger partial charge in [0, 0.05) is 19.2 Å². The Morgan fingerprint density at radius 2 is 1.11 bits per heavy atom. The minimum Gasteiger partial charge on any atom is -0.396 e. The summed E-state index contributed by atoms with van der Waals surface area (Å²) in [5.41, 5.74) is 0. The zero-order valence-electron chi connectivity index (χ0n) is 17.0. The predicted molar refractivity (Wildman–Crippen MR) is 119 cm³/mol. The van der Waals surface area contributed by atoms with Crippen LogP contribution < -0.4 is 5.32 Å². The molecule has 0 aliphatic carbocycles. The summed E-state index contributed by atoms with van der Waals surface area (Å²) >= 11 is 0. The van der Waals surface area contributed by atoms with Crippen molar-refractivity contribution in [3.05, 3.63) is 72.9 Å². The van der Waals surface area contributed by atoms with Crippen LogP contribution in [0.5, 0.6) is 0 Å². The van der Waals surface area contributed by atoms with Gasteiger partial charge in [0.05, 0.1) is 6.61 Å². The van der Waals surface area contributed by atoms with Gasteiger partial charge in [0.15, 0.2) is 0 Å². The molecule has 0 aromatic rings. The molecule has 0 bridgehead atoms. The number of carbonyl (C=O) groups excluding carboxylic acids is 1. The fourth-order valence-corrected chi connectivity index (χ4v) is 2.33. The van der Waals surface area contributed by atoms with Crippen LogP contribution in [0.1, 0.15) is 51.4 Å². The number of allylic oxidation sites excluding steroid dienone is 11. The quantitative estimate of drug-likeness (QED) is 0.195. The summed E-state index contributed by atoms with van der Waals surface area (Å²) in [5.74, 6) is -0.213. The first-order valence-electron chi connectivity index (χ1n) is 10.3. The van der Waals surface area contributed by atoms with Gasteiger partial charge in [-0.2, -0.15) is 0 Å². The molecule has 3 N–H and O–H groups in total. The van der Waals surface area contributed by atoms with Gasteiger partial charge in [-0.3, -0.25) is 4.79 Å². The number of hydrogen-bond acceptors (Lipinski definition) is 3. The first kappa shape index (κ1) is 25.8. The van der Waals surface area contributed by atoms with Gasteiger partial charge in [-0.15, -0.1) is 0 Å². The predicted octanol–water partition coefficient (Wildman–Crippen LogP) is 4.55. The van der Waals surface area contributed by atoms with Gasteiger partial charge in [0.25, 0.3) is 0 Å². The van der Waals surface area contributed by atoms with Crippen LogP contribution in [0.3, 0.4) is 0 Å². The van der Waals surface area contributed by atoms with Gasteiger partial charge < -0.3 is 15.5 Å². The fraction of sp³-hybridized carbons (Fsp3) is 0.458. The van der Waals surface area contributed by atoms with Crippen LogP contribution in [0.25, 0.3) is 0 Å². The molecule has 0 unspecified atom stereocenters. The standard InChI is InChI=1S/C24H37NO3/c26-22-19-17-15-13-11-9-7-5-3-1-2-4-6-8-10-12-14-16-18-20-24(28)25-21-23-27/h1-4,6,8,10,12,14,16,18,20,26-27H,5,7,9,11,13,15,17,19,21-23H2,(H,25,28). The Kier molecular flexibility index (Phi) is 21.1. The zero-order chi connectivity index (χ0) is 20.5. The molecule has 4 heteroatoms. The van der Waals surface area contributed by atoms with Crippen molar-refractivity contribution in [1.29, 1.82) is 0 Å². The van der Waals surface area contributed by atoms with Crippen LogP contribution >= 0.6 is 0 Å². The average Bonchev–Trinajstić information content (AvgIpc) is 2.70. The summed E-state index contributed by atoms with van der Waals surface area (Å²) in [5, 5.41) is 19.8. The molecule has 0 heterocycles. The van der Waals surface area contributed by atoms with Crippen LogP contribution in [-0.4, -0.2) is 35.9 Å². The van der Waals surface area contributed by atoms with Crippen LogP contribution in [0, 0.1) is 0 Å². The van der Waals surface area contributed by atoms with E-state index >= 15 is 0 Å². The number of nitrogens with one attached hydrogen (secondary N) is 1. The van der Waals surface area contributed by atoms with Gasteiger partial charge in [-0.05, 0) is 19.3 Å². The molecular weight excluding hydrogens is 350 g/mol. The number of aliphatic hydroxyl groups excluding tert-OH is 2. The topological polar surface area (TPSA) is 69.6 Å². The van der Waals surface area contributed by atoms with E-state index in [9.17, 15) is 4.79 Å². The van der Waals surface area contributed by atoms with Crippen LogP contribution in [0.2, 0.25) is 0 Å². The maximum Gasteiger partial charge on any atom is 0.244 e. The molecule has 0 spiro atoms. The van der Waals surface area contributed by atoms with Gasteiger partial charge in [0.2, 0.25) is 5.91 Å². The lowest BCUT2D eigenvalue weighted by atomic mass is 10.1. The SMILES string of the molecule is O=C(C=CC=CC=CC=CC=CC=CCCCCCCCCCO)NCCO. The molecule has 0 rings (SSSR count). The highest BCUT2D eigenvalue weighted by atomic mass is 16.3. The normalized spacial score (nSPS) is 12.8. The summed E-state index contributed by atoms with van der Waals surface area (Å²) < 4.78 is 0. The van der Waals surface area contributed by atoms with E-state index in [4.69, 9.17) is 10.2 Å². The second-order valence-corrected chi connectivity index (χ2v) is 6.33. The van der Waals surface area contributed by atoms with Crippen molar-refractivity contribution >= 4 is 5.91 Å². The average molecular weight is 388 g/mol. The van der Waals surface area contributed by atoms with E-state index in [1.54, 1.807) is 12.2 Å². The maximum absolute atomic E-state index is 11.2. The van der Waals surface area contributed by atoms with E-state index in [0.717, 1.165) is 19.3 Å². The number of rotatable bonds is 17. The summed E-state index contributed by atoms with van der Waals surface area (Å²) in [6.07, 6.45) is 32.3. The molecule has 0 aliphatic rings. The van der Waals surface area contributed by atoms with E-state index in [1.165, 1.54) is 38.2 Å². The van der Waals surface area contributed by atoms with Crippen molar-refractivity contribution in [1.82, 2.24) is 5.32 Å².